The summed E-state index contributed by atoms with van der Waals surface area (Å²) < 4.78 is 5.55. The van der Waals surface area contributed by atoms with Gasteiger partial charge in [0.15, 0.2) is 0 Å². The molecule has 1 atom stereocenters. The predicted molar refractivity (Wildman–Crippen MR) is 219 cm³/mol. The van der Waals surface area contributed by atoms with Crippen molar-refractivity contribution in [2.45, 2.75) is 89.6 Å². The summed E-state index contributed by atoms with van der Waals surface area (Å²) in [7, 11) is 0. The average molecular weight is 780 g/mol. The van der Waals surface area contributed by atoms with Crippen molar-refractivity contribution in [3.05, 3.63) is 94.4 Å². The van der Waals surface area contributed by atoms with Crippen molar-refractivity contribution in [3.8, 4) is 17.2 Å². The van der Waals surface area contributed by atoms with Crippen LogP contribution < -0.4 is 15.1 Å². The molecule has 4 amide bonds. The van der Waals surface area contributed by atoms with Crippen LogP contribution in [-0.2, 0) is 15.0 Å². The Kier molecular flexibility index (Phi) is 9.67. The van der Waals surface area contributed by atoms with Crippen LogP contribution in [0.2, 0.25) is 0 Å². The molecule has 0 spiro atoms. The lowest BCUT2D eigenvalue weighted by atomic mass is 9.91. The van der Waals surface area contributed by atoms with Crippen LogP contribution in [0.25, 0.3) is 11.1 Å². The molecule has 3 saturated heterocycles. The number of hydrogen-bond donors (Lipinski definition) is 1. The number of nitrogens with zero attached hydrogens (tertiary/aromatic N) is 6. The molecule has 9 rings (SSSR count). The number of imide groups is 2. The number of nitrogens with one attached hydrogen (secondary N) is 1. The van der Waals surface area contributed by atoms with Crippen molar-refractivity contribution in [2.24, 2.45) is 5.92 Å². The molecular formula is C46H49N7O5. The van der Waals surface area contributed by atoms with Crippen molar-refractivity contribution in [1.82, 2.24) is 20.3 Å². The number of nitriles is 1. The highest BCUT2D eigenvalue weighted by atomic mass is 16.5. The minimum absolute atomic E-state index is 0.0965. The first kappa shape index (κ1) is 37.8. The molecule has 4 aliphatic heterocycles. The van der Waals surface area contributed by atoms with Crippen LogP contribution >= 0.6 is 0 Å². The molecule has 3 aromatic carbocycles. The van der Waals surface area contributed by atoms with Crippen molar-refractivity contribution >= 4 is 40.7 Å². The molecule has 298 valence electrons. The van der Waals surface area contributed by atoms with Gasteiger partial charge in [-0.2, -0.15) is 5.26 Å². The summed E-state index contributed by atoms with van der Waals surface area (Å²) >= 11 is 0. The molecule has 1 aromatic heterocycles. The molecule has 0 bridgehead atoms. The highest BCUT2D eigenvalue weighted by molar-refractivity contribution is 6.23. The molecular weight excluding hydrogens is 731 g/mol. The smallest absolute Gasteiger partial charge is 0.262 e. The zero-order valence-corrected chi connectivity index (χ0v) is 33.4. The maximum atomic E-state index is 13.4. The number of carbonyl (C=O) groups excluding carboxylic acids is 4. The van der Waals surface area contributed by atoms with Gasteiger partial charge in [0.2, 0.25) is 11.8 Å². The molecule has 5 aliphatic rings. The van der Waals surface area contributed by atoms with Crippen molar-refractivity contribution in [2.75, 3.05) is 42.5 Å². The molecule has 4 fully saturated rings. The number of fused-ring (bicyclic) bond motifs is 1. The fraction of sp³-hybridized carbons (Fsp3) is 0.435. The molecule has 5 heterocycles. The maximum absolute atomic E-state index is 13.4. The van der Waals surface area contributed by atoms with E-state index in [0.717, 1.165) is 116 Å². The van der Waals surface area contributed by atoms with E-state index in [4.69, 9.17) is 4.52 Å². The van der Waals surface area contributed by atoms with Gasteiger partial charge < -0.3 is 19.2 Å². The van der Waals surface area contributed by atoms with Crippen molar-refractivity contribution < 1.29 is 23.7 Å². The normalized spacial score (nSPS) is 21.2. The Labute approximate surface area is 338 Å². The van der Waals surface area contributed by atoms with Crippen LogP contribution in [0.1, 0.15) is 94.7 Å². The second-order valence-corrected chi connectivity index (χ2v) is 16.9. The van der Waals surface area contributed by atoms with Gasteiger partial charge in [-0.1, -0.05) is 29.4 Å². The third-order valence-electron chi connectivity index (χ3n) is 13.4. The fourth-order valence-electron chi connectivity index (χ4n) is 9.75. The van der Waals surface area contributed by atoms with E-state index in [1.807, 2.05) is 19.9 Å². The Morgan fingerprint density at radius 2 is 1.59 bits per heavy atom. The van der Waals surface area contributed by atoms with Gasteiger partial charge in [0.05, 0.1) is 28.3 Å². The van der Waals surface area contributed by atoms with Crippen LogP contribution in [0.5, 0.6) is 0 Å². The molecule has 58 heavy (non-hydrogen) atoms. The van der Waals surface area contributed by atoms with Gasteiger partial charge in [0.25, 0.3) is 11.8 Å². The van der Waals surface area contributed by atoms with Gasteiger partial charge in [0.1, 0.15) is 11.8 Å². The maximum Gasteiger partial charge on any atom is 0.262 e. The number of likely N-dealkylation sites (tertiary alicyclic amines) is 1. The van der Waals surface area contributed by atoms with Crippen LogP contribution in [0.4, 0.5) is 17.1 Å². The van der Waals surface area contributed by atoms with E-state index in [2.05, 4.69) is 80.6 Å². The summed E-state index contributed by atoms with van der Waals surface area (Å²) in [5, 5.41) is 16.3. The minimum Gasteiger partial charge on any atom is -0.371 e. The number of amides is 4. The third kappa shape index (κ3) is 6.75. The van der Waals surface area contributed by atoms with E-state index >= 15 is 0 Å². The van der Waals surface area contributed by atoms with Crippen LogP contribution in [-0.4, -0.2) is 83.4 Å². The Balaban J connectivity index is 0.856. The van der Waals surface area contributed by atoms with Gasteiger partial charge in [-0.25, -0.2) is 0 Å². The SMILES string of the molecule is Cc1ccc(-c2c(C)noc2C)cc1N(CC1CCN(C2CCN(c3ccc4c(c3)C(=O)N(C3CCC(=O)NC3=O)C4=O)CC2)CC1)c1ccc(C2(C#N)CC2)cc1. The van der Waals surface area contributed by atoms with E-state index in [-0.39, 0.29) is 24.2 Å². The molecule has 12 nitrogen and oxygen atoms in total. The second kappa shape index (κ2) is 14.9. The standard InChI is InChI=1S/C46H49N7O5/c1-28-4-5-32(42-29(2)49-58-30(42)3)24-40(28)52(35-8-6-33(7-9-35)46(27-47)18-19-46)26-31-14-20-50(21-15-31)34-16-22-51(23-17-34)36-10-11-37-38(25-36)45(57)53(44(37)56)39-12-13-41(54)48-43(39)55/h4-11,24-25,31,34,39H,12-23,26H2,1-3H3,(H,48,54,55). The highest BCUT2D eigenvalue weighted by Crippen LogP contribution is 2.48. The third-order valence-corrected chi connectivity index (χ3v) is 13.4. The van der Waals surface area contributed by atoms with E-state index in [1.54, 1.807) is 12.1 Å². The van der Waals surface area contributed by atoms with Gasteiger partial charge in [-0.15, -0.1) is 0 Å². The lowest BCUT2D eigenvalue weighted by Gasteiger charge is -2.43. The molecule has 1 unspecified atom stereocenters. The summed E-state index contributed by atoms with van der Waals surface area (Å²) in [6, 6.07) is 22.8. The van der Waals surface area contributed by atoms with Crippen LogP contribution in [0.3, 0.4) is 0 Å². The molecule has 1 saturated carbocycles. The number of piperidine rings is 3. The van der Waals surface area contributed by atoms with Gasteiger partial charge >= 0.3 is 0 Å². The van der Waals surface area contributed by atoms with Crippen molar-refractivity contribution in [3.63, 3.8) is 0 Å². The first-order valence-corrected chi connectivity index (χ1v) is 20.7. The van der Waals surface area contributed by atoms with Crippen LogP contribution in [0, 0.1) is 38.0 Å². The Morgan fingerprint density at radius 3 is 2.24 bits per heavy atom. The number of aromatic nitrogens is 1. The lowest BCUT2D eigenvalue weighted by Crippen LogP contribution is -2.54. The number of anilines is 3. The summed E-state index contributed by atoms with van der Waals surface area (Å²) in [6.45, 7) is 10.8. The Morgan fingerprint density at radius 1 is 0.862 bits per heavy atom. The molecule has 1 N–H and O–H groups in total. The van der Waals surface area contributed by atoms with E-state index < -0.39 is 23.8 Å². The molecule has 1 aliphatic carbocycles. The predicted octanol–water partition coefficient (Wildman–Crippen LogP) is 6.74. The van der Waals surface area contributed by atoms with Gasteiger partial charge in [-0.05, 0) is 138 Å². The Hall–Kier alpha value is -5.80. The van der Waals surface area contributed by atoms with Gasteiger partial charge in [-0.3, -0.25) is 29.4 Å². The molecule has 12 heteroatoms. The number of rotatable bonds is 9. The largest absolute Gasteiger partial charge is 0.371 e. The average Bonchev–Trinajstić information content (AvgIpc) is 3.92. The lowest BCUT2D eigenvalue weighted by molar-refractivity contribution is -0.136. The molecule has 4 aromatic rings. The summed E-state index contributed by atoms with van der Waals surface area (Å²) in [5.74, 6) is -0.630. The molecule has 0 radical (unpaired) electrons. The van der Waals surface area contributed by atoms with E-state index in [9.17, 15) is 24.4 Å². The number of hydrogen-bond acceptors (Lipinski definition) is 10. The summed E-state index contributed by atoms with van der Waals surface area (Å²) in [6.07, 6.45) is 6.29. The number of benzene rings is 3. The second-order valence-electron chi connectivity index (χ2n) is 16.9. The Bertz CT molecular complexity index is 2320. The minimum atomic E-state index is -0.970. The zero-order valence-electron chi connectivity index (χ0n) is 33.4. The van der Waals surface area contributed by atoms with Gasteiger partial charge in [0, 0.05) is 54.7 Å². The monoisotopic (exact) mass is 779 g/mol. The topological polar surface area (TPSA) is 143 Å². The van der Waals surface area contributed by atoms with E-state index in [0.29, 0.717) is 23.1 Å². The van der Waals surface area contributed by atoms with Crippen molar-refractivity contribution in [1.29, 1.82) is 5.26 Å². The first-order valence-electron chi connectivity index (χ1n) is 20.7. The summed E-state index contributed by atoms with van der Waals surface area (Å²) in [5.41, 5.74) is 8.83. The zero-order chi connectivity index (χ0) is 40.3. The highest BCUT2D eigenvalue weighted by Gasteiger charge is 2.46. The number of carbonyl (C=O) groups is 4. The quantitative estimate of drug-likeness (QED) is 0.182. The number of aryl methyl sites for hydroxylation is 3. The summed E-state index contributed by atoms with van der Waals surface area (Å²) in [4.78, 5) is 59.3. The first-order chi connectivity index (χ1) is 28.0. The van der Waals surface area contributed by atoms with Crippen LogP contribution in [0.15, 0.2) is 65.2 Å². The van der Waals surface area contributed by atoms with E-state index in [1.165, 1.54) is 11.3 Å². The fourth-order valence-corrected chi connectivity index (χ4v) is 9.75.